The van der Waals surface area contributed by atoms with Gasteiger partial charge >= 0.3 is 0 Å². The van der Waals surface area contributed by atoms with E-state index in [1.807, 2.05) is 0 Å². The Kier molecular flexibility index (Phi) is 5.53. The normalized spacial score (nSPS) is 14.2. The van der Waals surface area contributed by atoms with Crippen molar-refractivity contribution in [1.29, 1.82) is 0 Å². The minimum absolute atomic E-state index is 0.0148. The molecule has 0 saturated heterocycles. The lowest BCUT2D eigenvalue weighted by Crippen LogP contribution is -2.33. The Bertz CT molecular complexity index is 429. The van der Waals surface area contributed by atoms with Crippen molar-refractivity contribution in [2.75, 3.05) is 6.54 Å². The maximum atomic E-state index is 13.2. The number of aliphatic hydroxyl groups is 1. The van der Waals surface area contributed by atoms with Gasteiger partial charge in [-0.05, 0) is 24.6 Å². The Morgan fingerprint density at radius 2 is 2.28 bits per heavy atom. The summed E-state index contributed by atoms with van der Waals surface area (Å²) in [6, 6.07) is 3.99. The van der Waals surface area contributed by atoms with Crippen LogP contribution in [0.3, 0.4) is 0 Å². The molecule has 0 saturated carbocycles. The summed E-state index contributed by atoms with van der Waals surface area (Å²) in [7, 11) is 0. The molecule has 1 rings (SSSR count). The minimum atomic E-state index is -0.868. The van der Waals surface area contributed by atoms with Crippen LogP contribution < -0.4 is 11.1 Å². The maximum absolute atomic E-state index is 13.2. The van der Waals surface area contributed by atoms with E-state index in [0.717, 1.165) is 0 Å². The maximum Gasteiger partial charge on any atom is 0.218 e. The molecule has 2 atom stereocenters. The lowest BCUT2D eigenvalue weighted by Gasteiger charge is -2.16. The molecule has 100 valence electrons. The molecule has 0 heterocycles. The molecule has 2 unspecified atom stereocenters. The first-order valence-electron chi connectivity index (χ1n) is 5.55. The number of hydrogen-bond acceptors (Lipinski definition) is 3. The predicted molar refractivity (Wildman–Crippen MR) is 67.6 cm³/mol. The summed E-state index contributed by atoms with van der Waals surface area (Å²) >= 11 is 5.55. The molecular formula is C12H16ClFN2O2. The number of primary amides is 1. The van der Waals surface area contributed by atoms with Crippen LogP contribution in [0.15, 0.2) is 18.2 Å². The van der Waals surface area contributed by atoms with Crippen LogP contribution in [-0.4, -0.2) is 23.6 Å². The quantitative estimate of drug-likeness (QED) is 0.733. The molecule has 0 radical (unpaired) electrons. The fourth-order valence-electron chi connectivity index (χ4n) is 1.52. The smallest absolute Gasteiger partial charge is 0.218 e. The van der Waals surface area contributed by atoms with Gasteiger partial charge in [0.2, 0.25) is 5.91 Å². The molecule has 0 aliphatic heterocycles. The first-order valence-corrected chi connectivity index (χ1v) is 5.92. The molecule has 0 spiro atoms. The van der Waals surface area contributed by atoms with E-state index in [9.17, 15) is 14.3 Å². The van der Waals surface area contributed by atoms with Crippen molar-refractivity contribution >= 4 is 17.5 Å². The van der Waals surface area contributed by atoms with Gasteiger partial charge in [-0.3, -0.25) is 4.79 Å². The van der Waals surface area contributed by atoms with E-state index in [0.29, 0.717) is 5.56 Å². The van der Waals surface area contributed by atoms with Crippen molar-refractivity contribution in [2.24, 2.45) is 5.73 Å². The molecule has 1 amide bonds. The van der Waals surface area contributed by atoms with E-state index in [2.05, 4.69) is 5.32 Å². The lowest BCUT2D eigenvalue weighted by atomic mass is 10.1. The van der Waals surface area contributed by atoms with Crippen LogP contribution in [0.4, 0.5) is 4.39 Å². The third-order valence-electron chi connectivity index (χ3n) is 2.50. The van der Waals surface area contributed by atoms with E-state index < -0.39 is 17.8 Å². The molecule has 6 heteroatoms. The van der Waals surface area contributed by atoms with Gasteiger partial charge in [-0.1, -0.05) is 17.7 Å². The highest BCUT2D eigenvalue weighted by molar-refractivity contribution is 6.30. The molecule has 1 aromatic carbocycles. The molecular weight excluding hydrogens is 259 g/mol. The molecule has 4 nitrogen and oxygen atoms in total. The average molecular weight is 275 g/mol. The standard InChI is InChI=1S/C12H16ClFN2O2/c1-7(4-12(15)18)16-6-11(17)8-2-3-9(13)10(14)5-8/h2-3,5,7,11,16-17H,4,6H2,1H3,(H2,15,18). The zero-order chi connectivity index (χ0) is 13.7. The van der Waals surface area contributed by atoms with Gasteiger partial charge in [0.05, 0.1) is 11.1 Å². The predicted octanol–water partition coefficient (Wildman–Crippen LogP) is 1.37. The fourth-order valence-corrected chi connectivity index (χ4v) is 1.64. The van der Waals surface area contributed by atoms with Crippen molar-refractivity contribution < 1.29 is 14.3 Å². The molecule has 0 bridgehead atoms. The van der Waals surface area contributed by atoms with Crippen molar-refractivity contribution in [3.63, 3.8) is 0 Å². The molecule has 0 aliphatic carbocycles. The summed E-state index contributed by atoms with van der Waals surface area (Å²) in [5.41, 5.74) is 5.47. The Labute approximate surface area is 110 Å². The molecule has 18 heavy (non-hydrogen) atoms. The van der Waals surface area contributed by atoms with Gasteiger partial charge in [-0.25, -0.2) is 4.39 Å². The monoisotopic (exact) mass is 274 g/mol. The summed E-state index contributed by atoms with van der Waals surface area (Å²) in [6.07, 6.45) is -0.686. The number of nitrogens with two attached hydrogens (primary N) is 1. The number of carbonyl (C=O) groups excluding carboxylic acids is 1. The van der Waals surface area contributed by atoms with E-state index in [1.165, 1.54) is 12.1 Å². The Morgan fingerprint density at radius 1 is 1.61 bits per heavy atom. The number of nitrogens with one attached hydrogen (secondary N) is 1. The molecule has 0 aromatic heterocycles. The average Bonchev–Trinajstić information content (AvgIpc) is 2.28. The molecule has 4 N–H and O–H groups in total. The largest absolute Gasteiger partial charge is 0.387 e. The zero-order valence-corrected chi connectivity index (χ0v) is 10.7. The summed E-state index contributed by atoms with van der Waals surface area (Å²) in [6.45, 7) is 1.98. The van der Waals surface area contributed by atoms with Crippen molar-refractivity contribution in [3.05, 3.63) is 34.6 Å². The van der Waals surface area contributed by atoms with Gasteiger partial charge in [0.15, 0.2) is 0 Å². The number of rotatable bonds is 6. The second-order valence-corrected chi connectivity index (χ2v) is 4.58. The van der Waals surface area contributed by atoms with E-state index in [4.69, 9.17) is 17.3 Å². The number of halogens is 2. The highest BCUT2D eigenvalue weighted by atomic mass is 35.5. The second-order valence-electron chi connectivity index (χ2n) is 4.17. The number of carbonyl (C=O) groups is 1. The molecule has 0 aliphatic rings. The van der Waals surface area contributed by atoms with E-state index >= 15 is 0 Å². The molecule has 0 fully saturated rings. The van der Waals surface area contributed by atoms with Gasteiger partial charge in [0, 0.05) is 19.0 Å². The first-order chi connectivity index (χ1) is 8.40. The zero-order valence-electron chi connectivity index (χ0n) is 9.99. The summed E-state index contributed by atoms with van der Waals surface area (Å²) in [4.78, 5) is 10.7. The molecule has 1 aromatic rings. The summed E-state index contributed by atoms with van der Waals surface area (Å²) in [5, 5.41) is 12.8. The number of amides is 1. The van der Waals surface area contributed by atoms with Crippen LogP contribution >= 0.6 is 11.6 Å². The van der Waals surface area contributed by atoms with E-state index in [-0.39, 0.29) is 24.0 Å². The van der Waals surface area contributed by atoms with Crippen LogP contribution in [0.25, 0.3) is 0 Å². The van der Waals surface area contributed by atoms with Gasteiger partial charge in [-0.15, -0.1) is 0 Å². The first kappa shape index (κ1) is 14.9. The second kappa shape index (κ2) is 6.68. The van der Waals surface area contributed by atoms with Crippen LogP contribution in [0.1, 0.15) is 25.0 Å². The third kappa shape index (κ3) is 4.60. The van der Waals surface area contributed by atoms with Crippen LogP contribution in [0.2, 0.25) is 5.02 Å². The van der Waals surface area contributed by atoms with Crippen molar-refractivity contribution in [1.82, 2.24) is 5.32 Å². The highest BCUT2D eigenvalue weighted by Crippen LogP contribution is 2.19. The Balaban J connectivity index is 2.52. The van der Waals surface area contributed by atoms with Crippen molar-refractivity contribution in [2.45, 2.75) is 25.5 Å². The number of benzene rings is 1. The van der Waals surface area contributed by atoms with Crippen LogP contribution in [0, 0.1) is 5.82 Å². The number of aliphatic hydroxyl groups excluding tert-OH is 1. The van der Waals surface area contributed by atoms with Crippen LogP contribution in [0.5, 0.6) is 0 Å². The minimum Gasteiger partial charge on any atom is -0.387 e. The Hall–Kier alpha value is -1.17. The number of hydrogen-bond donors (Lipinski definition) is 3. The van der Waals surface area contributed by atoms with Gasteiger partial charge < -0.3 is 16.2 Å². The lowest BCUT2D eigenvalue weighted by molar-refractivity contribution is -0.118. The van der Waals surface area contributed by atoms with Crippen LogP contribution in [-0.2, 0) is 4.79 Å². The highest BCUT2D eigenvalue weighted by Gasteiger charge is 2.12. The van der Waals surface area contributed by atoms with E-state index in [1.54, 1.807) is 13.0 Å². The topological polar surface area (TPSA) is 75.4 Å². The third-order valence-corrected chi connectivity index (χ3v) is 2.80. The summed E-state index contributed by atoms with van der Waals surface area (Å²) < 4.78 is 13.2. The van der Waals surface area contributed by atoms with Gasteiger partial charge in [0.1, 0.15) is 5.82 Å². The fraction of sp³-hybridized carbons (Fsp3) is 0.417. The SMILES string of the molecule is CC(CC(N)=O)NCC(O)c1ccc(Cl)c(F)c1. The van der Waals surface area contributed by atoms with Gasteiger partial charge in [0.25, 0.3) is 0 Å². The summed E-state index contributed by atoms with van der Waals surface area (Å²) in [5.74, 6) is -0.986. The van der Waals surface area contributed by atoms with Gasteiger partial charge in [-0.2, -0.15) is 0 Å². The Morgan fingerprint density at radius 3 is 2.83 bits per heavy atom. The van der Waals surface area contributed by atoms with Crippen molar-refractivity contribution in [3.8, 4) is 0 Å².